The molecule has 0 aliphatic carbocycles. The van der Waals surface area contributed by atoms with Gasteiger partial charge in [-0.3, -0.25) is 0 Å². The third-order valence-electron chi connectivity index (χ3n) is 5.25. The molecule has 0 aliphatic heterocycles. The molecule has 3 radical (unpaired) electrons. The topological polar surface area (TPSA) is 658 Å². The smallest absolute Gasteiger partial charge is 0.543 e. The van der Waals surface area contributed by atoms with E-state index in [9.17, 15) is 79.2 Å². The van der Waals surface area contributed by atoms with Gasteiger partial charge in [0.15, 0.2) is 0 Å². The molecule has 4 rings (SSSR count). The van der Waals surface area contributed by atoms with Crippen LogP contribution in [0.4, 0.5) is 0 Å². The Balaban J connectivity index is -0.0000000724. The van der Waals surface area contributed by atoms with Crippen LogP contribution in [0.2, 0.25) is 0 Å². The number of carbonyl (C=O) groups excluding carboxylic acids is 8. The van der Waals surface area contributed by atoms with Crippen LogP contribution in [0, 0.1) is 0 Å². The average Bonchev–Trinajstić information content (AvgIpc) is 3.24. The molecule has 0 spiro atoms. The molecule has 30 nitrogen and oxygen atoms in total. The standard InChI is InChI=1S/4C7H5NO4.3C2H8N2.3Cu.4H2O/c4*9-6(10)4-2-1-3-5(8-4)7(11)12;3*3-1-2-4;;;;;;;/h4*1-3H,(H,9,10)(H,11,12);3*1-4H2;;;;4*1H2/q;;;;;;;3*+2;;;;/p-6. The molecule has 0 saturated carbocycles. The van der Waals surface area contributed by atoms with Crippen molar-refractivity contribution in [2.45, 2.75) is 0 Å². The van der Waals surface area contributed by atoms with Crippen molar-refractivity contribution in [3.05, 3.63) is 118 Å². The Kier molecular flexibility index (Phi) is 63.3. The Morgan fingerprint density at radius 3 is 0.493 bits per heavy atom. The molecule has 0 amide bonds. The monoisotopic (exact) mass is 1100 g/mol. The zero-order valence-corrected chi connectivity index (χ0v) is 36.9. The number of nitrogens with zero attached hydrogens (tertiary/aromatic N) is 4. The summed E-state index contributed by atoms with van der Waals surface area (Å²) in [7, 11) is 0. The first kappa shape index (κ1) is 84.0. The summed E-state index contributed by atoms with van der Waals surface area (Å²) in [5.41, 5.74) is 23.3. The normalized spacial score (nSPS) is 8.03. The van der Waals surface area contributed by atoms with Gasteiger partial charge < -0.3 is 136 Å². The molecule has 4 aromatic rings. The van der Waals surface area contributed by atoms with Crippen LogP contribution in [0.15, 0.2) is 72.8 Å². The summed E-state index contributed by atoms with van der Waals surface area (Å²) in [5, 5.41) is 81.5. The minimum Gasteiger partial charge on any atom is -0.543 e. The van der Waals surface area contributed by atoms with Gasteiger partial charge >= 0.3 is 51.2 Å². The van der Waals surface area contributed by atoms with Gasteiger partial charge in [-0.05, 0) is 48.5 Å². The van der Waals surface area contributed by atoms with Crippen molar-refractivity contribution in [2.75, 3.05) is 39.3 Å². The number of hydrogen-bond donors (Lipinski definition) is 6. The van der Waals surface area contributed by atoms with Gasteiger partial charge in [-0.1, -0.05) is 24.3 Å². The van der Waals surface area contributed by atoms with E-state index < -0.39 is 93.3 Å². The Labute approximate surface area is 410 Å². The fourth-order valence-corrected chi connectivity index (χ4v) is 2.65. The largest absolute Gasteiger partial charge is 2.00 e. The minimum atomic E-state index is -1.52. The Hall–Kier alpha value is -6.48. The van der Waals surface area contributed by atoms with Gasteiger partial charge in [-0.25, -0.2) is 19.9 Å². The number of carboxylic acids is 8. The third kappa shape index (κ3) is 41.9. The van der Waals surface area contributed by atoms with E-state index in [0.29, 0.717) is 26.2 Å². The van der Waals surface area contributed by atoms with Crippen molar-refractivity contribution in [3.63, 3.8) is 0 Å². The second-order valence-corrected chi connectivity index (χ2v) is 9.79. The van der Waals surface area contributed by atoms with E-state index in [1.54, 1.807) is 0 Å². The van der Waals surface area contributed by atoms with Crippen LogP contribution < -0.4 is 75.3 Å². The fourth-order valence-electron chi connectivity index (χ4n) is 2.65. The maximum atomic E-state index is 10.2. The molecule has 0 aliphatic rings. The number of aromatic carboxylic acids is 8. The molecular formula is C34H46Cu3N10O20. The summed E-state index contributed by atoms with van der Waals surface area (Å²) < 4.78 is 0. The van der Waals surface area contributed by atoms with Crippen LogP contribution in [-0.4, -0.2) is 129 Å². The summed E-state index contributed by atoms with van der Waals surface area (Å²) in [5.74, 6) is -12.1. The number of aromatic nitrogens is 4. The van der Waals surface area contributed by atoms with Crippen LogP contribution in [0.5, 0.6) is 0 Å². The van der Waals surface area contributed by atoms with E-state index in [1.165, 1.54) is 24.3 Å². The van der Waals surface area contributed by atoms with E-state index in [0.717, 1.165) is 61.6 Å². The predicted octanol–water partition coefficient (Wildman–Crippen LogP) is -16.8. The predicted molar refractivity (Wildman–Crippen MR) is 198 cm³/mol. The van der Waals surface area contributed by atoms with E-state index in [1.807, 2.05) is 0 Å². The van der Waals surface area contributed by atoms with Crippen LogP contribution >= 0.6 is 0 Å². The van der Waals surface area contributed by atoms with Gasteiger partial charge in [-0.2, -0.15) is 0 Å². The molecule has 33 heteroatoms. The molecule has 0 bridgehead atoms. The molecule has 0 fully saturated rings. The van der Waals surface area contributed by atoms with Gasteiger partial charge in [0.05, 0.1) is 93.3 Å². The molecule has 22 N–H and O–H groups in total. The van der Waals surface area contributed by atoms with Gasteiger partial charge in [0.1, 0.15) is 13.1 Å². The number of hydrogen-bond acceptors (Lipinski definition) is 24. The number of carbonyl (C=O) groups is 8. The first-order chi connectivity index (χ1) is 28.2. The Morgan fingerprint density at radius 1 is 0.328 bits per heavy atom. The minimum absolute atomic E-state index is 0. The zero-order valence-electron chi connectivity index (χ0n) is 34.1. The van der Waals surface area contributed by atoms with Crippen molar-refractivity contribution in [1.82, 2.24) is 19.9 Å². The van der Waals surface area contributed by atoms with Crippen LogP contribution in [0.3, 0.4) is 0 Å². The molecule has 67 heavy (non-hydrogen) atoms. The number of nitrogens with two attached hydrogens (primary N) is 4. The molecule has 0 saturated heterocycles. The van der Waals surface area contributed by atoms with Crippen molar-refractivity contribution < 1.29 is 164 Å². The van der Waals surface area contributed by atoms with Crippen molar-refractivity contribution >= 4 is 47.8 Å². The van der Waals surface area contributed by atoms with Crippen molar-refractivity contribution in [1.29, 1.82) is 0 Å². The maximum Gasteiger partial charge on any atom is 2.00 e. The first-order valence-corrected chi connectivity index (χ1v) is 16.2. The molecule has 0 atom stereocenters. The van der Waals surface area contributed by atoms with E-state index >= 15 is 0 Å². The second kappa shape index (κ2) is 50.5. The number of pyridine rings is 4. The van der Waals surface area contributed by atoms with E-state index in [-0.39, 0.29) is 73.1 Å². The van der Waals surface area contributed by atoms with Gasteiger partial charge in [0, 0.05) is 26.2 Å². The molecule has 0 aromatic carbocycles. The van der Waals surface area contributed by atoms with E-state index in [4.69, 9.17) is 22.9 Å². The summed E-state index contributed by atoms with van der Waals surface area (Å²) in [6, 6.07) is 14.1. The van der Waals surface area contributed by atoms with Crippen LogP contribution in [0.1, 0.15) is 83.9 Å². The Morgan fingerprint density at radius 2 is 0.433 bits per heavy atom. The zero-order chi connectivity index (χ0) is 46.8. The maximum absolute atomic E-state index is 10.2. The SMILES string of the molecule is NCCN.NCCN.O.O.O.O.O=C([O-])c1cccc(C(=O)[O-])n1.O=C([O-])c1cccc(C(=O)[O-])n1.O=C([O-])c1cccc(C(=O)[O-])n1.O=C([O-])c1cccc(C(=O)[O-])n1.[Cu+2].[Cu+2].[Cu+2].[NH3+]CC[NH3+]. The first-order valence-electron chi connectivity index (χ1n) is 16.2. The fraction of sp³-hybridized carbons (Fsp3) is 0.176. The number of carboxylic acid groups (broad SMARTS) is 8. The third-order valence-corrected chi connectivity index (χ3v) is 5.25. The quantitative estimate of drug-likeness (QED) is 0.0760. The molecule has 385 valence electrons. The summed E-state index contributed by atoms with van der Waals surface area (Å²) in [6.45, 7) is 4.31. The van der Waals surface area contributed by atoms with Gasteiger partial charge in [0.25, 0.3) is 0 Å². The van der Waals surface area contributed by atoms with Crippen LogP contribution in [0.25, 0.3) is 0 Å². The summed E-state index contributed by atoms with van der Waals surface area (Å²) >= 11 is 0. The van der Waals surface area contributed by atoms with Crippen LogP contribution in [-0.2, 0) is 51.2 Å². The Bertz CT molecular complexity index is 1620. The van der Waals surface area contributed by atoms with Gasteiger partial charge in [0.2, 0.25) is 0 Å². The molecule has 4 heterocycles. The second-order valence-electron chi connectivity index (χ2n) is 9.79. The van der Waals surface area contributed by atoms with E-state index in [2.05, 4.69) is 31.4 Å². The summed E-state index contributed by atoms with van der Waals surface area (Å²) in [4.78, 5) is 94.5. The number of rotatable bonds is 11. The van der Waals surface area contributed by atoms with Gasteiger partial charge in [-0.15, -0.1) is 0 Å². The average molecular weight is 1110 g/mol. The molecule has 4 aromatic heterocycles. The van der Waals surface area contributed by atoms with Crippen molar-refractivity contribution in [3.8, 4) is 0 Å². The molecular weight excluding hydrogens is 1060 g/mol. The summed E-state index contributed by atoms with van der Waals surface area (Å²) in [6.07, 6.45) is 0. The number of quaternary nitrogens is 2. The molecule has 0 unspecified atom stereocenters. The van der Waals surface area contributed by atoms with Crippen molar-refractivity contribution in [2.24, 2.45) is 22.9 Å².